The van der Waals surface area contributed by atoms with Crippen LogP contribution >= 0.6 is 15.9 Å². The lowest BCUT2D eigenvalue weighted by molar-refractivity contribution is 0.416. The number of nitrogens with zero attached hydrogens (tertiary/aromatic N) is 1. The first-order chi connectivity index (χ1) is 6.77. The lowest BCUT2D eigenvalue weighted by Crippen LogP contribution is -1.88. The van der Waals surface area contributed by atoms with Crippen molar-refractivity contribution in [3.8, 4) is 5.75 Å². The Bertz CT molecular complexity index is 464. The Hall–Kier alpha value is -1.03. The van der Waals surface area contributed by atoms with E-state index in [0.717, 1.165) is 33.3 Å². The van der Waals surface area contributed by atoms with Crippen molar-refractivity contribution >= 4 is 26.9 Å². The third kappa shape index (κ3) is 1.30. The molecule has 0 N–H and O–H groups in total. The van der Waals surface area contributed by atoms with Crippen LogP contribution in [0, 0.1) is 0 Å². The summed E-state index contributed by atoms with van der Waals surface area (Å²) >= 11 is 3.43. The molecule has 1 heterocycles. The SMILES string of the molecule is CCc1noc2ccc(Br)c(OC)c12. The third-order valence-electron chi connectivity index (χ3n) is 2.15. The molecular weight excluding hydrogens is 246 g/mol. The fraction of sp³-hybridized carbons (Fsp3) is 0.300. The van der Waals surface area contributed by atoms with Gasteiger partial charge in [0.05, 0.1) is 22.7 Å². The molecule has 0 unspecified atom stereocenters. The van der Waals surface area contributed by atoms with Crippen LogP contribution in [0.4, 0.5) is 0 Å². The third-order valence-corrected chi connectivity index (χ3v) is 2.78. The summed E-state index contributed by atoms with van der Waals surface area (Å²) in [6.45, 7) is 2.04. The minimum absolute atomic E-state index is 0.766. The molecule has 0 atom stereocenters. The monoisotopic (exact) mass is 255 g/mol. The summed E-state index contributed by atoms with van der Waals surface area (Å²) in [6.07, 6.45) is 0.833. The quantitative estimate of drug-likeness (QED) is 0.827. The van der Waals surface area contributed by atoms with E-state index in [-0.39, 0.29) is 0 Å². The summed E-state index contributed by atoms with van der Waals surface area (Å²) in [7, 11) is 1.64. The number of halogens is 1. The molecule has 1 aromatic heterocycles. The highest BCUT2D eigenvalue weighted by Gasteiger charge is 2.14. The first kappa shape index (κ1) is 9.52. The second-order valence-corrected chi connectivity index (χ2v) is 3.79. The van der Waals surface area contributed by atoms with Gasteiger partial charge in [0, 0.05) is 0 Å². The van der Waals surface area contributed by atoms with Crippen LogP contribution in [-0.4, -0.2) is 12.3 Å². The molecule has 0 amide bonds. The number of methoxy groups -OCH3 is 1. The summed E-state index contributed by atoms with van der Waals surface area (Å²) < 4.78 is 11.4. The predicted octanol–water partition coefficient (Wildman–Crippen LogP) is 3.16. The van der Waals surface area contributed by atoms with Crippen molar-refractivity contribution in [3.63, 3.8) is 0 Å². The Morgan fingerprint density at radius 1 is 1.50 bits per heavy atom. The standard InChI is InChI=1S/C10H10BrNO2/c1-3-7-9-8(14-12-7)5-4-6(11)10(9)13-2/h4-5H,3H2,1-2H3. The number of hydrogen-bond acceptors (Lipinski definition) is 3. The second kappa shape index (κ2) is 3.61. The van der Waals surface area contributed by atoms with Crippen molar-refractivity contribution in [2.75, 3.05) is 7.11 Å². The Labute approximate surface area is 90.2 Å². The van der Waals surface area contributed by atoms with Crippen LogP contribution in [0.1, 0.15) is 12.6 Å². The molecular formula is C10H10BrNO2. The van der Waals surface area contributed by atoms with Crippen molar-refractivity contribution in [1.82, 2.24) is 5.16 Å². The molecule has 0 aliphatic rings. The summed E-state index contributed by atoms with van der Waals surface area (Å²) in [5.74, 6) is 0.792. The highest BCUT2D eigenvalue weighted by atomic mass is 79.9. The smallest absolute Gasteiger partial charge is 0.170 e. The topological polar surface area (TPSA) is 35.3 Å². The molecule has 0 fully saturated rings. The van der Waals surface area contributed by atoms with E-state index in [4.69, 9.17) is 9.26 Å². The van der Waals surface area contributed by atoms with Crippen molar-refractivity contribution in [3.05, 3.63) is 22.3 Å². The highest BCUT2D eigenvalue weighted by molar-refractivity contribution is 9.10. The van der Waals surface area contributed by atoms with Crippen LogP contribution in [0.3, 0.4) is 0 Å². The number of rotatable bonds is 2. The summed E-state index contributed by atoms with van der Waals surface area (Å²) in [4.78, 5) is 0. The summed E-state index contributed by atoms with van der Waals surface area (Å²) in [5.41, 5.74) is 1.69. The maximum Gasteiger partial charge on any atom is 0.170 e. The first-order valence-electron chi connectivity index (χ1n) is 4.38. The lowest BCUT2D eigenvalue weighted by atomic mass is 10.1. The minimum Gasteiger partial charge on any atom is -0.495 e. The average Bonchev–Trinajstić information content (AvgIpc) is 2.61. The van der Waals surface area contributed by atoms with Gasteiger partial charge in [-0.05, 0) is 34.5 Å². The average molecular weight is 256 g/mol. The van der Waals surface area contributed by atoms with Crippen LogP contribution in [-0.2, 0) is 6.42 Å². The molecule has 2 aromatic rings. The maximum absolute atomic E-state index is 5.31. The van der Waals surface area contributed by atoms with Crippen molar-refractivity contribution in [1.29, 1.82) is 0 Å². The zero-order valence-corrected chi connectivity index (χ0v) is 9.59. The number of ether oxygens (including phenoxy) is 1. The van der Waals surface area contributed by atoms with E-state index in [1.54, 1.807) is 7.11 Å². The van der Waals surface area contributed by atoms with Gasteiger partial charge in [-0.15, -0.1) is 0 Å². The molecule has 0 saturated carbocycles. The molecule has 0 radical (unpaired) electrons. The number of hydrogen-bond donors (Lipinski definition) is 0. The largest absolute Gasteiger partial charge is 0.495 e. The van der Waals surface area contributed by atoms with Gasteiger partial charge >= 0.3 is 0 Å². The van der Waals surface area contributed by atoms with E-state index >= 15 is 0 Å². The molecule has 0 bridgehead atoms. The lowest BCUT2D eigenvalue weighted by Gasteiger charge is -2.03. The Morgan fingerprint density at radius 3 is 2.93 bits per heavy atom. The van der Waals surface area contributed by atoms with Crippen LogP contribution in [0.15, 0.2) is 21.1 Å². The number of fused-ring (bicyclic) bond motifs is 1. The first-order valence-corrected chi connectivity index (χ1v) is 5.18. The number of aryl methyl sites for hydroxylation is 1. The molecule has 3 nitrogen and oxygen atoms in total. The number of aromatic nitrogens is 1. The Morgan fingerprint density at radius 2 is 2.29 bits per heavy atom. The normalized spacial score (nSPS) is 10.8. The molecule has 4 heteroatoms. The summed E-state index contributed by atoms with van der Waals surface area (Å²) in [6, 6.07) is 3.78. The Kier molecular flexibility index (Phi) is 2.46. The molecule has 2 rings (SSSR count). The van der Waals surface area contributed by atoms with Crippen molar-refractivity contribution in [2.24, 2.45) is 0 Å². The van der Waals surface area contributed by atoms with Gasteiger partial charge in [0.1, 0.15) is 5.75 Å². The molecule has 0 aliphatic carbocycles. The van der Waals surface area contributed by atoms with E-state index in [0.29, 0.717) is 0 Å². The fourth-order valence-corrected chi connectivity index (χ4v) is 1.97. The van der Waals surface area contributed by atoms with Gasteiger partial charge in [0.25, 0.3) is 0 Å². The van der Waals surface area contributed by atoms with Crippen molar-refractivity contribution < 1.29 is 9.26 Å². The van der Waals surface area contributed by atoms with E-state index < -0.39 is 0 Å². The van der Waals surface area contributed by atoms with Gasteiger partial charge in [0.15, 0.2) is 5.58 Å². The minimum atomic E-state index is 0.766. The maximum atomic E-state index is 5.31. The van der Waals surface area contributed by atoms with E-state index in [2.05, 4.69) is 21.1 Å². The molecule has 0 saturated heterocycles. The van der Waals surface area contributed by atoms with Gasteiger partial charge in [-0.2, -0.15) is 0 Å². The predicted molar refractivity (Wildman–Crippen MR) is 57.6 cm³/mol. The van der Waals surface area contributed by atoms with Crippen LogP contribution in [0.2, 0.25) is 0 Å². The molecule has 1 aromatic carbocycles. The molecule has 0 aliphatic heterocycles. The molecule has 14 heavy (non-hydrogen) atoms. The van der Waals surface area contributed by atoms with E-state index in [9.17, 15) is 0 Å². The van der Waals surface area contributed by atoms with Crippen LogP contribution < -0.4 is 4.74 Å². The van der Waals surface area contributed by atoms with Gasteiger partial charge < -0.3 is 9.26 Å². The van der Waals surface area contributed by atoms with Crippen molar-refractivity contribution in [2.45, 2.75) is 13.3 Å². The van der Waals surface area contributed by atoms with E-state index in [1.807, 2.05) is 19.1 Å². The summed E-state index contributed by atoms with van der Waals surface area (Å²) in [5, 5.41) is 4.95. The highest BCUT2D eigenvalue weighted by Crippen LogP contribution is 2.35. The molecule has 0 spiro atoms. The van der Waals surface area contributed by atoms with Gasteiger partial charge in [-0.3, -0.25) is 0 Å². The van der Waals surface area contributed by atoms with Crippen LogP contribution in [0.25, 0.3) is 11.0 Å². The van der Waals surface area contributed by atoms with Gasteiger partial charge in [-0.1, -0.05) is 12.1 Å². The van der Waals surface area contributed by atoms with Gasteiger partial charge in [-0.25, -0.2) is 0 Å². The second-order valence-electron chi connectivity index (χ2n) is 2.94. The Balaban J connectivity index is 2.81. The zero-order valence-electron chi connectivity index (χ0n) is 8.00. The fourth-order valence-electron chi connectivity index (χ4n) is 1.48. The number of benzene rings is 1. The van der Waals surface area contributed by atoms with Crippen LogP contribution in [0.5, 0.6) is 5.75 Å². The molecule has 74 valence electrons. The van der Waals surface area contributed by atoms with Gasteiger partial charge in [0.2, 0.25) is 0 Å². The zero-order chi connectivity index (χ0) is 10.1. The van der Waals surface area contributed by atoms with E-state index in [1.165, 1.54) is 0 Å².